The number of aromatic nitrogens is 1. The summed E-state index contributed by atoms with van der Waals surface area (Å²) in [6, 6.07) is 5.19. The van der Waals surface area contributed by atoms with Crippen LogP contribution in [0.25, 0.3) is 0 Å². The van der Waals surface area contributed by atoms with Crippen LogP contribution >= 0.6 is 31.9 Å². The smallest absolute Gasteiger partial charge is 0.278 e. The number of amides is 1. The first-order valence-electron chi connectivity index (χ1n) is 8.41. The van der Waals surface area contributed by atoms with Crippen molar-refractivity contribution in [2.45, 2.75) is 13.5 Å². The molecule has 2 rings (SSSR count). The van der Waals surface area contributed by atoms with Crippen molar-refractivity contribution in [3.8, 4) is 23.4 Å². The van der Waals surface area contributed by atoms with E-state index in [2.05, 4.69) is 47.4 Å². The van der Waals surface area contributed by atoms with Gasteiger partial charge in [-0.05, 0) is 56.5 Å². The molecule has 0 aliphatic heterocycles. The Morgan fingerprint density at radius 2 is 2.13 bits per heavy atom. The number of methoxy groups -OCH3 is 2. The maximum Gasteiger partial charge on any atom is 0.278 e. The summed E-state index contributed by atoms with van der Waals surface area (Å²) in [6.07, 6.45) is 1.38. The van der Waals surface area contributed by atoms with E-state index in [4.69, 9.17) is 14.2 Å². The zero-order valence-electron chi connectivity index (χ0n) is 16.3. The third-order valence-corrected chi connectivity index (χ3v) is 5.44. The average Bonchev–Trinajstić information content (AvgIpc) is 2.72. The number of pyridine rings is 1. The number of rotatable bonds is 8. The number of ether oxygens (including phenoxy) is 3. The van der Waals surface area contributed by atoms with Gasteiger partial charge in [0.05, 0.1) is 30.1 Å². The van der Waals surface area contributed by atoms with Gasteiger partial charge in [-0.2, -0.15) is 10.4 Å². The van der Waals surface area contributed by atoms with E-state index in [1.807, 2.05) is 6.07 Å². The number of carbonyl (C=O) groups is 1. The standard InChI is InChI=1S/C19H18Br2N4O5/c1-10-17(21)13(8-28-2)12(6-22)19(24-10)30-9-16(26)25-23-7-11-4-14(20)18(27)15(5-11)29-3/h4-5,7,27H,8-9H2,1-3H3,(H,25,26). The molecule has 30 heavy (non-hydrogen) atoms. The molecule has 2 N–H and O–H groups in total. The number of phenolic OH excluding ortho intramolecular Hbond substituents is 1. The molecule has 0 aliphatic rings. The first-order valence-corrected chi connectivity index (χ1v) is 10.00. The van der Waals surface area contributed by atoms with Crippen LogP contribution in [0.3, 0.4) is 0 Å². The molecular weight excluding hydrogens is 524 g/mol. The van der Waals surface area contributed by atoms with E-state index in [1.165, 1.54) is 20.4 Å². The van der Waals surface area contributed by atoms with E-state index in [0.717, 1.165) is 0 Å². The van der Waals surface area contributed by atoms with Crippen LogP contribution in [0.15, 0.2) is 26.2 Å². The fourth-order valence-corrected chi connectivity index (χ4v) is 3.24. The highest BCUT2D eigenvalue weighted by atomic mass is 79.9. The molecule has 0 saturated carbocycles. The number of nitrogens with zero attached hydrogens (tertiary/aromatic N) is 3. The van der Waals surface area contributed by atoms with E-state index in [-0.39, 0.29) is 29.5 Å². The summed E-state index contributed by atoms with van der Waals surface area (Å²) < 4.78 is 16.7. The van der Waals surface area contributed by atoms with Gasteiger partial charge in [0.15, 0.2) is 18.1 Å². The highest BCUT2D eigenvalue weighted by molar-refractivity contribution is 9.10. The lowest BCUT2D eigenvalue weighted by Crippen LogP contribution is -2.25. The number of phenols is 1. The summed E-state index contributed by atoms with van der Waals surface area (Å²) in [4.78, 5) is 16.3. The van der Waals surface area contributed by atoms with Gasteiger partial charge < -0.3 is 19.3 Å². The highest BCUT2D eigenvalue weighted by Crippen LogP contribution is 2.34. The maximum atomic E-state index is 12.0. The van der Waals surface area contributed by atoms with E-state index >= 15 is 0 Å². The summed E-state index contributed by atoms with van der Waals surface area (Å²) in [5.74, 6) is -0.286. The predicted octanol–water partition coefficient (Wildman–Crippen LogP) is 3.18. The van der Waals surface area contributed by atoms with Gasteiger partial charge in [0, 0.05) is 17.1 Å². The van der Waals surface area contributed by atoms with Crippen molar-refractivity contribution in [2.24, 2.45) is 5.10 Å². The van der Waals surface area contributed by atoms with Gasteiger partial charge in [-0.15, -0.1) is 0 Å². The summed E-state index contributed by atoms with van der Waals surface area (Å²) in [7, 11) is 2.94. The first-order chi connectivity index (χ1) is 14.3. The number of aromatic hydroxyl groups is 1. The summed E-state index contributed by atoms with van der Waals surface area (Å²) in [5.41, 5.74) is 4.28. The van der Waals surface area contributed by atoms with E-state index in [9.17, 15) is 15.2 Å². The molecule has 1 aromatic carbocycles. The Kier molecular flexibility index (Phi) is 8.58. The van der Waals surface area contributed by atoms with Gasteiger partial charge in [0.2, 0.25) is 5.88 Å². The molecule has 0 aliphatic carbocycles. The van der Waals surface area contributed by atoms with Crippen LogP contribution in [-0.2, 0) is 16.1 Å². The fraction of sp³-hybridized carbons (Fsp3) is 0.263. The molecule has 1 amide bonds. The lowest BCUT2D eigenvalue weighted by atomic mass is 10.1. The van der Waals surface area contributed by atoms with Crippen molar-refractivity contribution < 1.29 is 24.1 Å². The Morgan fingerprint density at radius 1 is 1.40 bits per heavy atom. The molecule has 0 radical (unpaired) electrons. The van der Waals surface area contributed by atoms with Crippen molar-refractivity contribution in [1.29, 1.82) is 5.26 Å². The minimum atomic E-state index is -0.546. The van der Waals surface area contributed by atoms with Crippen molar-refractivity contribution in [3.63, 3.8) is 0 Å². The van der Waals surface area contributed by atoms with Crippen LogP contribution < -0.4 is 14.9 Å². The number of hydrogen-bond acceptors (Lipinski definition) is 8. The van der Waals surface area contributed by atoms with Crippen LogP contribution in [0.5, 0.6) is 17.4 Å². The topological polar surface area (TPSA) is 126 Å². The van der Waals surface area contributed by atoms with E-state index in [1.54, 1.807) is 19.1 Å². The van der Waals surface area contributed by atoms with Crippen molar-refractivity contribution in [2.75, 3.05) is 20.8 Å². The zero-order chi connectivity index (χ0) is 22.3. The lowest BCUT2D eigenvalue weighted by Gasteiger charge is -2.13. The summed E-state index contributed by atoms with van der Waals surface area (Å²) >= 11 is 6.59. The fourth-order valence-electron chi connectivity index (χ4n) is 2.38. The Bertz CT molecular complexity index is 1020. The number of benzene rings is 1. The van der Waals surface area contributed by atoms with Crippen LogP contribution in [0.2, 0.25) is 0 Å². The van der Waals surface area contributed by atoms with Gasteiger partial charge in [0.25, 0.3) is 5.91 Å². The molecule has 0 spiro atoms. The lowest BCUT2D eigenvalue weighted by molar-refractivity contribution is -0.123. The van der Waals surface area contributed by atoms with Crippen molar-refractivity contribution in [1.82, 2.24) is 10.4 Å². The van der Waals surface area contributed by atoms with E-state index in [0.29, 0.717) is 25.8 Å². The number of hydrazone groups is 1. The Morgan fingerprint density at radius 3 is 2.77 bits per heavy atom. The summed E-state index contributed by atoms with van der Waals surface area (Å²) in [5, 5.41) is 23.1. The number of aryl methyl sites for hydroxylation is 1. The van der Waals surface area contributed by atoms with Crippen molar-refractivity contribution >= 4 is 44.0 Å². The SMILES string of the molecule is COCc1c(Br)c(C)nc(OCC(=O)NN=Cc2cc(Br)c(O)c(OC)c2)c1C#N. The molecule has 0 bridgehead atoms. The zero-order valence-corrected chi connectivity index (χ0v) is 19.5. The molecule has 0 unspecified atom stereocenters. The molecule has 0 atom stereocenters. The molecule has 0 fully saturated rings. The second kappa shape index (κ2) is 10.9. The predicted molar refractivity (Wildman–Crippen MR) is 116 cm³/mol. The monoisotopic (exact) mass is 540 g/mol. The Labute approximate surface area is 189 Å². The quantitative estimate of drug-likeness (QED) is 0.388. The number of carbonyl (C=O) groups excluding carboxylic acids is 1. The molecule has 2 aromatic rings. The van der Waals surface area contributed by atoms with E-state index < -0.39 is 12.5 Å². The number of nitriles is 1. The van der Waals surface area contributed by atoms with Gasteiger partial charge in [-0.25, -0.2) is 10.4 Å². The van der Waals surface area contributed by atoms with Gasteiger partial charge in [-0.1, -0.05) is 0 Å². The molecular formula is C19H18Br2N4O5. The van der Waals surface area contributed by atoms with Gasteiger partial charge in [-0.3, -0.25) is 4.79 Å². The van der Waals surface area contributed by atoms with Crippen LogP contribution in [0.4, 0.5) is 0 Å². The van der Waals surface area contributed by atoms with Gasteiger partial charge in [0.1, 0.15) is 11.6 Å². The molecule has 1 heterocycles. The largest absolute Gasteiger partial charge is 0.503 e. The van der Waals surface area contributed by atoms with Crippen LogP contribution in [-0.4, -0.2) is 43.0 Å². The normalized spacial score (nSPS) is 10.7. The van der Waals surface area contributed by atoms with Crippen LogP contribution in [0.1, 0.15) is 22.4 Å². The molecule has 9 nitrogen and oxygen atoms in total. The average molecular weight is 542 g/mol. The summed E-state index contributed by atoms with van der Waals surface area (Å²) in [6.45, 7) is 1.53. The molecule has 0 saturated heterocycles. The molecule has 158 valence electrons. The molecule has 11 heteroatoms. The minimum Gasteiger partial charge on any atom is -0.503 e. The number of hydrogen-bond donors (Lipinski definition) is 2. The first kappa shape index (κ1) is 23.6. The second-order valence-corrected chi connectivity index (χ2v) is 7.50. The van der Waals surface area contributed by atoms with Crippen molar-refractivity contribution in [3.05, 3.63) is 43.5 Å². The highest BCUT2D eigenvalue weighted by Gasteiger charge is 2.18. The minimum absolute atomic E-state index is 0.0366. The third kappa shape index (κ3) is 5.69. The molecule has 1 aromatic heterocycles. The Hall–Kier alpha value is -2.68. The number of nitrogens with one attached hydrogen (secondary N) is 1. The third-order valence-electron chi connectivity index (χ3n) is 3.78. The number of halogens is 2. The Balaban J connectivity index is 2.06. The maximum absolute atomic E-state index is 12.0. The van der Waals surface area contributed by atoms with Crippen LogP contribution in [0, 0.1) is 18.3 Å². The second-order valence-electron chi connectivity index (χ2n) is 5.85. The van der Waals surface area contributed by atoms with Gasteiger partial charge >= 0.3 is 0 Å².